The van der Waals surface area contributed by atoms with Crippen molar-refractivity contribution in [1.29, 1.82) is 0 Å². The zero-order valence-corrected chi connectivity index (χ0v) is 19.2. The first-order valence-electron chi connectivity index (χ1n) is 10.0. The van der Waals surface area contributed by atoms with Crippen LogP contribution in [0.4, 0.5) is 10.2 Å². The van der Waals surface area contributed by atoms with Crippen molar-refractivity contribution in [2.45, 2.75) is 38.0 Å². The molecular weight excluding hydrogens is 441 g/mol. The van der Waals surface area contributed by atoms with Crippen molar-refractivity contribution in [3.8, 4) is 0 Å². The van der Waals surface area contributed by atoms with Gasteiger partial charge in [0, 0.05) is 37.8 Å². The molecule has 0 bridgehead atoms. The Morgan fingerprint density at radius 2 is 2.03 bits per heavy atom. The van der Waals surface area contributed by atoms with Crippen LogP contribution in [0, 0.1) is 5.82 Å². The third-order valence-corrected chi connectivity index (χ3v) is 5.80. The van der Waals surface area contributed by atoms with Crippen molar-refractivity contribution in [1.82, 2.24) is 20.2 Å². The number of hydrogen-bond donors (Lipinski definition) is 1. The Morgan fingerprint density at radius 1 is 1.29 bits per heavy atom. The maximum Gasteiger partial charge on any atom is 0.257 e. The van der Waals surface area contributed by atoms with Crippen LogP contribution in [0.25, 0.3) is 0 Å². The molecule has 1 aromatic heterocycles. The molecule has 1 aliphatic heterocycles. The normalized spacial score (nSPS) is 16.5. The number of amides is 2. The predicted molar refractivity (Wildman–Crippen MR) is 120 cm³/mol. The molecule has 1 saturated heterocycles. The maximum absolute atomic E-state index is 14.0. The molecule has 10 heteroatoms. The number of piperazine rings is 1. The zero-order chi connectivity index (χ0) is 22.5. The van der Waals surface area contributed by atoms with Crippen LogP contribution >= 0.6 is 23.4 Å². The van der Waals surface area contributed by atoms with Crippen molar-refractivity contribution in [2.75, 3.05) is 30.3 Å². The van der Waals surface area contributed by atoms with E-state index in [9.17, 15) is 14.0 Å². The number of halogens is 2. The number of nitrogens with zero attached hydrogens (tertiary/aromatic N) is 4. The van der Waals surface area contributed by atoms with Gasteiger partial charge < -0.3 is 15.1 Å². The molecule has 3 rings (SSSR count). The first-order chi connectivity index (χ1) is 14.7. The second-order valence-electron chi connectivity index (χ2n) is 7.62. The van der Waals surface area contributed by atoms with Gasteiger partial charge in [0.15, 0.2) is 5.16 Å². The topological polar surface area (TPSA) is 78.4 Å². The maximum atomic E-state index is 14.0. The van der Waals surface area contributed by atoms with Crippen LogP contribution in [-0.4, -0.2) is 64.2 Å². The summed E-state index contributed by atoms with van der Waals surface area (Å²) in [5.41, 5.74) is 0.0752. The number of anilines is 1. The van der Waals surface area contributed by atoms with Gasteiger partial charge in [-0.25, -0.2) is 14.4 Å². The van der Waals surface area contributed by atoms with Gasteiger partial charge in [-0.15, -0.1) is 0 Å². The molecule has 7 nitrogen and oxygen atoms in total. The molecule has 2 heterocycles. The number of rotatable bonds is 6. The van der Waals surface area contributed by atoms with E-state index in [1.54, 1.807) is 23.1 Å². The molecule has 0 aliphatic carbocycles. The minimum Gasteiger partial charge on any atom is -0.353 e. The lowest BCUT2D eigenvalue weighted by Crippen LogP contribution is -2.54. The van der Waals surface area contributed by atoms with E-state index in [-0.39, 0.29) is 40.4 Å². The molecule has 1 N–H and O–H groups in total. The standard InChI is InChI=1S/C21H25ClFN5O2S/c1-13(2)24-19(29)12-31-21-25-17(22)10-18(26-21)27-8-9-28(14(3)11-27)20(30)15-6-4-5-7-16(15)23/h4-7,10,13-14H,8-9,11-12H2,1-3H3,(H,24,29). The smallest absolute Gasteiger partial charge is 0.257 e. The average Bonchev–Trinajstić information content (AvgIpc) is 2.71. The molecule has 1 unspecified atom stereocenters. The highest BCUT2D eigenvalue weighted by atomic mass is 35.5. The van der Waals surface area contributed by atoms with Crippen LogP contribution in [0.15, 0.2) is 35.5 Å². The first kappa shape index (κ1) is 23.3. The monoisotopic (exact) mass is 465 g/mol. The second kappa shape index (κ2) is 10.3. The van der Waals surface area contributed by atoms with Crippen molar-refractivity contribution in [2.24, 2.45) is 0 Å². The summed E-state index contributed by atoms with van der Waals surface area (Å²) in [5.74, 6) is -0.110. The van der Waals surface area contributed by atoms with Crippen LogP contribution < -0.4 is 10.2 Å². The van der Waals surface area contributed by atoms with Gasteiger partial charge in [0.05, 0.1) is 11.3 Å². The Kier molecular flexibility index (Phi) is 7.72. The van der Waals surface area contributed by atoms with Gasteiger partial charge in [-0.1, -0.05) is 35.5 Å². The number of carbonyl (C=O) groups is 2. The molecule has 1 atom stereocenters. The van der Waals surface area contributed by atoms with Crippen molar-refractivity contribution < 1.29 is 14.0 Å². The fourth-order valence-corrected chi connectivity index (χ4v) is 4.25. The van der Waals surface area contributed by atoms with E-state index < -0.39 is 5.82 Å². The van der Waals surface area contributed by atoms with E-state index in [0.29, 0.717) is 30.6 Å². The lowest BCUT2D eigenvalue weighted by Gasteiger charge is -2.40. The van der Waals surface area contributed by atoms with Gasteiger partial charge in [-0.05, 0) is 32.9 Å². The molecule has 1 fully saturated rings. The summed E-state index contributed by atoms with van der Waals surface area (Å²) in [4.78, 5) is 37.1. The van der Waals surface area contributed by atoms with Crippen LogP contribution in [0.5, 0.6) is 0 Å². The minimum absolute atomic E-state index is 0.0637. The average molecular weight is 466 g/mol. The predicted octanol–water partition coefficient (Wildman–Crippen LogP) is 3.24. The summed E-state index contributed by atoms with van der Waals surface area (Å²) >= 11 is 7.40. The molecule has 0 saturated carbocycles. The van der Waals surface area contributed by atoms with Gasteiger partial charge >= 0.3 is 0 Å². The summed E-state index contributed by atoms with van der Waals surface area (Å²) in [6, 6.07) is 7.59. The van der Waals surface area contributed by atoms with E-state index in [1.165, 1.54) is 23.9 Å². The van der Waals surface area contributed by atoms with E-state index in [2.05, 4.69) is 15.3 Å². The summed E-state index contributed by atoms with van der Waals surface area (Å²) < 4.78 is 14.0. The van der Waals surface area contributed by atoms with Crippen molar-refractivity contribution >= 4 is 41.0 Å². The lowest BCUT2D eigenvalue weighted by atomic mass is 10.1. The number of aromatic nitrogens is 2. The lowest BCUT2D eigenvalue weighted by molar-refractivity contribution is -0.119. The first-order valence-corrected chi connectivity index (χ1v) is 11.4. The third kappa shape index (κ3) is 6.07. The molecule has 1 aromatic carbocycles. The van der Waals surface area contributed by atoms with Gasteiger partial charge in [-0.3, -0.25) is 9.59 Å². The summed E-state index contributed by atoms with van der Waals surface area (Å²) in [5, 5.41) is 3.52. The van der Waals surface area contributed by atoms with E-state index in [1.807, 2.05) is 25.7 Å². The number of carbonyl (C=O) groups excluding carboxylic acids is 2. The SMILES string of the molecule is CC(C)NC(=O)CSc1nc(Cl)cc(N2CCN(C(=O)c3ccccc3F)C(C)C2)n1. The van der Waals surface area contributed by atoms with Crippen molar-refractivity contribution in [3.05, 3.63) is 46.9 Å². The molecule has 0 spiro atoms. The van der Waals surface area contributed by atoms with Gasteiger partial charge in [0.2, 0.25) is 5.91 Å². The van der Waals surface area contributed by atoms with Crippen LogP contribution in [0.3, 0.4) is 0 Å². The molecule has 31 heavy (non-hydrogen) atoms. The van der Waals surface area contributed by atoms with Gasteiger partial charge in [-0.2, -0.15) is 0 Å². The highest BCUT2D eigenvalue weighted by molar-refractivity contribution is 7.99. The molecule has 0 radical (unpaired) electrons. The zero-order valence-electron chi connectivity index (χ0n) is 17.6. The van der Waals surface area contributed by atoms with Crippen LogP contribution in [0.1, 0.15) is 31.1 Å². The Morgan fingerprint density at radius 3 is 2.71 bits per heavy atom. The highest BCUT2D eigenvalue weighted by Gasteiger charge is 2.30. The van der Waals surface area contributed by atoms with Gasteiger partial charge in [0.25, 0.3) is 5.91 Å². The van der Waals surface area contributed by atoms with Crippen LogP contribution in [-0.2, 0) is 4.79 Å². The fourth-order valence-electron chi connectivity index (χ4n) is 3.36. The van der Waals surface area contributed by atoms with Gasteiger partial charge in [0.1, 0.15) is 16.8 Å². The quantitative estimate of drug-likeness (QED) is 0.401. The Hall–Kier alpha value is -2.39. The highest BCUT2D eigenvalue weighted by Crippen LogP contribution is 2.25. The Labute approximate surface area is 190 Å². The molecule has 1 aliphatic rings. The van der Waals surface area contributed by atoms with Crippen LogP contribution in [0.2, 0.25) is 5.15 Å². The molecule has 166 valence electrons. The van der Waals surface area contributed by atoms with E-state index >= 15 is 0 Å². The fraction of sp³-hybridized carbons (Fsp3) is 0.429. The minimum atomic E-state index is -0.520. The summed E-state index contributed by atoms with van der Waals surface area (Å²) in [7, 11) is 0. The number of benzene rings is 1. The van der Waals surface area contributed by atoms with E-state index in [4.69, 9.17) is 11.6 Å². The molecular formula is C21H25ClFN5O2S. The number of thioether (sulfide) groups is 1. The largest absolute Gasteiger partial charge is 0.353 e. The summed E-state index contributed by atoms with van der Waals surface area (Å²) in [6.07, 6.45) is 0. The van der Waals surface area contributed by atoms with Crippen molar-refractivity contribution in [3.63, 3.8) is 0 Å². The Bertz CT molecular complexity index is 961. The molecule has 2 aromatic rings. The molecule has 2 amide bonds. The number of nitrogens with one attached hydrogen (secondary N) is 1. The Balaban J connectivity index is 1.67. The summed E-state index contributed by atoms with van der Waals surface area (Å²) in [6.45, 7) is 7.18. The third-order valence-electron chi connectivity index (χ3n) is 4.76. The second-order valence-corrected chi connectivity index (χ2v) is 8.95. The number of hydrogen-bond acceptors (Lipinski definition) is 6. The van der Waals surface area contributed by atoms with E-state index in [0.717, 1.165) is 0 Å².